The van der Waals surface area contributed by atoms with Crippen molar-refractivity contribution in [2.24, 2.45) is 0 Å². The fourth-order valence-corrected chi connectivity index (χ4v) is 1.71. The number of hydrogen-bond acceptors (Lipinski definition) is 7. The van der Waals surface area contributed by atoms with Gasteiger partial charge in [-0.3, -0.25) is 9.55 Å². The molecule has 0 aliphatic carbocycles. The number of ether oxygens (including phenoxy) is 2. The van der Waals surface area contributed by atoms with Crippen molar-refractivity contribution in [2.75, 3.05) is 11.8 Å². The first-order chi connectivity index (χ1) is 9.42. The van der Waals surface area contributed by atoms with E-state index in [4.69, 9.17) is 19.3 Å². The summed E-state index contributed by atoms with van der Waals surface area (Å²) in [6, 6.07) is 1.54. The molecule has 11 heteroatoms. The molecule has 0 bridgehead atoms. The Labute approximate surface area is 113 Å². The molecule has 0 saturated carbocycles. The van der Waals surface area contributed by atoms with Gasteiger partial charge < -0.3 is 24.7 Å². The molecule has 1 aromatic heterocycles. The van der Waals surface area contributed by atoms with Crippen LogP contribution in [-0.4, -0.2) is 38.6 Å². The molecule has 2 unspecified atom stereocenters. The van der Waals surface area contributed by atoms with Gasteiger partial charge in [0.05, 0.1) is 0 Å². The molecular formula is C9H13N4O6P. The average molecular weight is 304 g/mol. The van der Waals surface area contributed by atoms with Crippen LogP contribution in [0.25, 0.3) is 0 Å². The van der Waals surface area contributed by atoms with E-state index in [2.05, 4.69) is 20.8 Å². The highest BCUT2D eigenvalue weighted by atomic mass is 31.2. The lowest BCUT2D eigenvalue weighted by Crippen LogP contribution is -2.35. The van der Waals surface area contributed by atoms with Gasteiger partial charge >= 0.3 is 13.3 Å². The topological polar surface area (TPSA) is 146 Å². The summed E-state index contributed by atoms with van der Waals surface area (Å²) in [4.78, 5) is 34.2. The van der Waals surface area contributed by atoms with Crippen LogP contribution in [0, 0.1) is 0 Å². The maximum atomic E-state index is 10.9. The van der Waals surface area contributed by atoms with Crippen molar-refractivity contribution >= 4 is 13.4 Å². The zero-order valence-electron chi connectivity index (χ0n) is 10.1. The van der Waals surface area contributed by atoms with Gasteiger partial charge in [0.1, 0.15) is 12.0 Å². The number of anilines is 1. The van der Waals surface area contributed by atoms with E-state index in [0.29, 0.717) is 5.82 Å². The first-order valence-electron chi connectivity index (χ1n) is 5.49. The molecule has 5 N–H and O–H groups in total. The number of nitrogens with zero attached hydrogens (tertiary/aromatic N) is 1. The van der Waals surface area contributed by atoms with Crippen LogP contribution >= 0.6 is 7.60 Å². The lowest BCUT2D eigenvalue weighted by Gasteiger charge is -2.16. The van der Waals surface area contributed by atoms with E-state index in [-0.39, 0.29) is 0 Å². The van der Waals surface area contributed by atoms with Gasteiger partial charge in [0.15, 0.2) is 12.6 Å². The monoisotopic (exact) mass is 304 g/mol. The molecule has 0 radical (unpaired) electrons. The quantitative estimate of drug-likeness (QED) is 0.256. The second-order valence-electron chi connectivity index (χ2n) is 3.83. The van der Waals surface area contributed by atoms with Gasteiger partial charge in [0, 0.05) is 6.20 Å². The SMILES string of the molecule is O=c1nccc(NNC2C=CC(OCP(=O)(O)O)O2)[nH]1. The molecule has 1 aromatic rings. The molecule has 0 amide bonds. The minimum atomic E-state index is -4.23. The highest BCUT2D eigenvalue weighted by molar-refractivity contribution is 7.51. The predicted octanol–water partition coefficient (Wildman–Crippen LogP) is -0.923. The summed E-state index contributed by atoms with van der Waals surface area (Å²) in [5.74, 6) is 0.390. The van der Waals surface area contributed by atoms with Crippen molar-refractivity contribution in [1.29, 1.82) is 0 Å². The Bertz CT molecular complexity index is 584. The lowest BCUT2D eigenvalue weighted by molar-refractivity contribution is -0.113. The zero-order valence-corrected chi connectivity index (χ0v) is 11.0. The van der Waals surface area contributed by atoms with Crippen LogP contribution in [0.2, 0.25) is 0 Å². The van der Waals surface area contributed by atoms with Crippen molar-refractivity contribution in [3.63, 3.8) is 0 Å². The van der Waals surface area contributed by atoms with Crippen LogP contribution in [0.1, 0.15) is 0 Å². The predicted molar refractivity (Wildman–Crippen MR) is 67.4 cm³/mol. The lowest BCUT2D eigenvalue weighted by atomic mass is 10.5. The number of aromatic nitrogens is 2. The van der Waals surface area contributed by atoms with E-state index in [1.807, 2.05) is 0 Å². The van der Waals surface area contributed by atoms with Gasteiger partial charge in [0.2, 0.25) is 0 Å². The Morgan fingerprint density at radius 3 is 3.00 bits per heavy atom. The summed E-state index contributed by atoms with van der Waals surface area (Å²) < 4.78 is 20.7. The average Bonchev–Trinajstić information content (AvgIpc) is 2.81. The number of aromatic amines is 1. The maximum absolute atomic E-state index is 10.9. The Hall–Kier alpha value is -1.55. The van der Waals surface area contributed by atoms with Crippen molar-refractivity contribution in [3.8, 4) is 0 Å². The van der Waals surface area contributed by atoms with E-state index in [1.54, 1.807) is 6.08 Å². The molecule has 0 aromatic carbocycles. The highest BCUT2D eigenvalue weighted by Gasteiger charge is 2.23. The second kappa shape index (κ2) is 6.27. The minimum Gasteiger partial charge on any atom is -0.336 e. The van der Waals surface area contributed by atoms with Gasteiger partial charge in [-0.05, 0) is 18.2 Å². The zero-order chi connectivity index (χ0) is 14.6. The third-order valence-electron chi connectivity index (χ3n) is 2.15. The van der Waals surface area contributed by atoms with Gasteiger partial charge in [-0.1, -0.05) is 0 Å². The molecule has 20 heavy (non-hydrogen) atoms. The first-order valence-corrected chi connectivity index (χ1v) is 7.29. The van der Waals surface area contributed by atoms with E-state index in [1.165, 1.54) is 18.3 Å². The van der Waals surface area contributed by atoms with Gasteiger partial charge in [-0.2, -0.15) is 0 Å². The Kier molecular flexibility index (Phi) is 4.65. The van der Waals surface area contributed by atoms with Crippen LogP contribution in [0.15, 0.2) is 29.2 Å². The second-order valence-corrected chi connectivity index (χ2v) is 5.42. The molecule has 0 saturated heterocycles. The molecule has 0 spiro atoms. The van der Waals surface area contributed by atoms with E-state index >= 15 is 0 Å². The van der Waals surface area contributed by atoms with Crippen LogP contribution in [0.3, 0.4) is 0 Å². The third-order valence-corrected chi connectivity index (χ3v) is 2.64. The van der Waals surface area contributed by atoms with Gasteiger partial charge in [0.25, 0.3) is 0 Å². The molecule has 0 fully saturated rings. The van der Waals surface area contributed by atoms with E-state index in [9.17, 15) is 9.36 Å². The summed E-state index contributed by atoms with van der Waals surface area (Å²) in [6.07, 6.45) is 2.29. The molecule has 1 aliphatic rings. The van der Waals surface area contributed by atoms with Crippen LogP contribution in [0.4, 0.5) is 5.82 Å². The van der Waals surface area contributed by atoms with E-state index < -0.39 is 32.2 Å². The fraction of sp³-hybridized carbons (Fsp3) is 0.333. The Balaban J connectivity index is 1.76. The fourth-order valence-electron chi connectivity index (χ4n) is 1.36. The van der Waals surface area contributed by atoms with Crippen molar-refractivity contribution in [1.82, 2.24) is 15.4 Å². The van der Waals surface area contributed by atoms with Crippen LogP contribution < -0.4 is 16.5 Å². The smallest absolute Gasteiger partial charge is 0.336 e. The van der Waals surface area contributed by atoms with Crippen molar-refractivity contribution in [3.05, 3.63) is 34.9 Å². The number of rotatable bonds is 6. The molecule has 10 nitrogen and oxygen atoms in total. The molecule has 1 aliphatic heterocycles. The van der Waals surface area contributed by atoms with Gasteiger partial charge in [-0.25, -0.2) is 15.2 Å². The molecule has 2 rings (SSSR count). The Morgan fingerprint density at radius 2 is 2.30 bits per heavy atom. The summed E-state index contributed by atoms with van der Waals surface area (Å²) in [6.45, 7) is 0. The number of hydrogen-bond donors (Lipinski definition) is 5. The largest absolute Gasteiger partial charge is 0.351 e. The number of H-pyrrole nitrogens is 1. The minimum absolute atomic E-state index is 0.390. The Morgan fingerprint density at radius 1 is 1.50 bits per heavy atom. The maximum Gasteiger partial charge on any atom is 0.351 e. The van der Waals surface area contributed by atoms with Crippen LogP contribution in [0.5, 0.6) is 0 Å². The molecule has 110 valence electrons. The highest BCUT2D eigenvalue weighted by Crippen LogP contribution is 2.34. The van der Waals surface area contributed by atoms with Crippen LogP contribution in [-0.2, 0) is 14.0 Å². The normalized spacial score (nSPS) is 22.1. The number of nitrogens with one attached hydrogen (secondary N) is 3. The summed E-state index contributed by atoms with van der Waals surface area (Å²) in [5.41, 5.74) is 4.91. The standard InChI is InChI=1S/C9H13N4O6P/c14-9-10-4-3-6(11-9)12-13-7-1-2-8(19-7)18-5-20(15,16)17/h1-4,7-8,13H,5H2,(H2,15,16,17)(H2,10,11,12,14). The summed E-state index contributed by atoms with van der Waals surface area (Å²) in [7, 11) is -4.23. The molecular weight excluding hydrogens is 291 g/mol. The summed E-state index contributed by atoms with van der Waals surface area (Å²) in [5, 5.41) is 0. The first kappa shape index (κ1) is 14.9. The van der Waals surface area contributed by atoms with E-state index in [0.717, 1.165) is 0 Å². The summed E-state index contributed by atoms with van der Waals surface area (Å²) >= 11 is 0. The van der Waals surface area contributed by atoms with Crippen molar-refractivity contribution < 1.29 is 23.8 Å². The molecule has 2 heterocycles. The number of hydrazine groups is 1. The van der Waals surface area contributed by atoms with Gasteiger partial charge in [-0.15, -0.1) is 0 Å². The molecule has 2 atom stereocenters. The van der Waals surface area contributed by atoms with Crippen molar-refractivity contribution in [2.45, 2.75) is 12.5 Å². The third kappa shape index (κ3) is 4.85.